The molecule has 0 spiro atoms. The molecule has 0 saturated carbocycles. The van der Waals surface area contributed by atoms with Crippen LogP contribution in [0.3, 0.4) is 0 Å². The minimum Gasteiger partial charge on any atom is -0.354 e. The largest absolute Gasteiger partial charge is 0.354 e. The Morgan fingerprint density at radius 3 is 2.84 bits per heavy atom. The van der Waals surface area contributed by atoms with Gasteiger partial charge in [-0.15, -0.1) is 0 Å². The first-order valence-electron chi connectivity index (χ1n) is 6.11. The topological polar surface area (TPSA) is 97.2 Å². The zero-order valence-corrected chi connectivity index (χ0v) is 11.3. The molecule has 1 rings (SSSR count). The number of amides is 1. The first-order valence-corrected chi connectivity index (χ1v) is 6.11. The SMILES string of the molecule is CCCNC(=O)C(C)Nc1nccc(C)c1[N+](=O)[O-]. The molecule has 7 nitrogen and oxygen atoms in total. The van der Waals surface area contributed by atoms with Crippen LogP contribution < -0.4 is 10.6 Å². The van der Waals surface area contributed by atoms with Crippen LogP contribution in [-0.2, 0) is 4.79 Å². The van der Waals surface area contributed by atoms with Crippen molar-refractivity contribution in [3.05, 3.63) is 27.9 Å². The third kappa shape index (κ3) is 3.90. The summed E-state index contributed by atoms with van der Waals surface area (Å²) in [6.07, 6.45) is 2.31. The lowest BCUT2D eigenvalue weighted by Crippen LogP contribution is -2.38. The predicted octanol–water partition coefficient (Wildman–Crippen LogP) is 1.62. The van der Waals surface area contributed by atoms with E-state index in [1.54, 1.807) is 19.9 Å². The molecule has 1 unspecified atom stereocenters. The number of hydrogen-bond donors (Lipinski definition) is 2. The predicted molar refractivity (Wildman–Crippen MR) is 72.0 cm³/mol. The second kappa shape index (κ2) is 6.67. The van der Waals surface area contributed by atoms with Gasteiger partial charge in [0.2, 0.25) is 11.7 Å². The Kier molecular flexibility index (Phi) is 5.23. The van der Waals surface area contributed by atoms with Crippen LogP contribution in [0.1, 0.15) is 25.8 Å². The van der Waals surface area contributed by atoms with Gasteiger partial charge in [0.25, 0.3) is 0 Å². The van der Waals surface area contributed by atoms with E-state index in [9.17, 15) is 14.9 Å². The maximum Gasteiger partial charge on any atom is 0.314 e. The third-order valence-corrected chi connectivity index (χ3v) is 2.60. The zero-order valence-electron chi connectivity index (χ0n) is 11.3. The van der Waals surface area contributed by atoms with Crippen LogP contribution in [0.2, 0.25) is 0 Å². The number of pyridine rings is 1. The smallest absolute Gasteiger partial charge is 0.314 e. The molecule has 0 aliphatic rings. The summed E-state index contributed by atoms with van der Waals surface area (Å²) >= 11 is 0. The fourth-order valence-electron chi connectivity index (χ4n) is 1.56. The van der Waals surface area contributed by atoms with E-state index in [-0.39, 0.29) is 17.4 Å². The van der Waals surface area contributed by atoms with Crippen molar-refractivity contribution >= 4 is 17.4 Å². The highest BCUT2D eigenvalue weighted by Crippen LogP contribution is 2.25. The van der Waals surface area contributed by atoms with E-state index in [4.69, 9.17) is 0 Å². The van der Waals surface area contributed by atoms with Crippen molar-refractivity contribution in [2.45, 2.75) is 33.2 Å². The number of nitrogens with zero attached hydrogens (tertiary/aromatic N) is 2. The Hall–Kier alpha value is -2.18. The molecule has 1 atom stereocenters. The molecule has 7 heteroatoms. The molecule has 2 N–H and O–H groups in total. The third-order valence-electron chi connectivity index (χ3n) is 2.60. The molecule has 1 amide bonds. The van der Waals surface area contributed by atoms with Crippen molar-refractivity contribution in [3.63, 3.8) is 0 Å². The Labute approximate surface area is 111 Å². The lowest BCUT2D eigenvalue weighted by atomic mass is 10.2. The maximum absolute atomic E-state index is 11.7. The summed E-state index contributed by atoms with van der Waals surface area (Å²) in [4.78, 5) is 26.1. The minimum absolute atomic E-state index is 0.0994. The van der Waals surface area contributed by atoms with Gasteiger partial charge >= 0.3 is 5.69 Å². The molecule has 19 heavy (non-hydrogen) atoms. The van der Waals surface area contributed by atoms with Crippen LogP contribution in [0.4, 0.5) is 11.5 Å². The molecule has 0 aliphatic carbocycles. The molecular weight excluding hydrogens is 248 g/mol. The number of rotatable bonds is 6. The fraction of sp³-hybridized carbons (Fsp3) is 0.500. The summed E-state index contributed by atoms with van der Waals surface area (Å²) < 4.78 is 0. The van der Waals surface area contributed by atoms with E-state index < -0.39 is 11.0 Å². The quantitative estimate of drug-likeness (QED) is 0.602. The van der Waals surface area contributed by atoms with Crippen LogP contribution in [0.5, 0.6) is 0 Å². The highest BCUT2D eigenvalue weighted by molar-refractivity contribution is 5.84. The number of aryl methyl sites for hydroxylation is 1. The summed E-state index contributed by atoms with van der Waals surface area (Å²) in [6, 6.07) is 0.977. The Morgan fingerprint density at radius 1 is 1.58 bits per heavy atom. The molecule has 0 aromatic carbocycles. The van der Waals surface area contributed by atoms with Gasteiger partial charge in [0.1, 0.15) is 6.04 Å². The van der Waals surface area contributed by atoms with E-state index >= 15 is 0 Å². The van der Waals surface area contributed by atoms with Gasteiger partial charge in [0.15, 0.2) is 0 Å². The van der Waals surface area contributed by atoms with Crippen LogP contribution in [0.15, 0.2) is 12.3 Å². The van der Waals surface area contributed by atoms with Gasteiger partial charge in [-0.05, 0) is 26.3 Å². The number of nitro groups is 1. The summed E-state index contributed by atoms with van der Waals surface area (Å²) in [5, 5.41) is 16.5. The van der Waals surface area contributed by atoms with Crippen LogP contribution >= 0.6 is 0 Å². The number of carbonyl (C=O) groups is 1. The Morgan fingerprint density at radius 2 is 2.26 bits per heavy atom. The molecule has 0 bridgehead atoms. The van der Waals surface area contributed by atoms with Crippen LogP contribution in [0.25, 0.3) is 0 Å². The summed E-state index contributed by atoms with van der Waals surface area (Å²) in [6.45, 7) is 5.80. The van der Waals surface area contributed by atoms with Gasteiger partial charge in [-0.2, -0.15) is 0 Å². The lowest BCUT2D eigenvalue weighted by molar-refractivity contribution is -0.384. The molecule has 0 fully saturated rings. The molecule has 1 heterocycles. The molecule has 0 aliphatic heterocycles. The maximum atomic E-state index is 11.7. The van der Waals surface area contributed by atoms with Crippen molar-refractivity contribution in [2.75, 3.05) is 11.9 Å². The minimum atomic E-state index is -0.584. The van der Waals surface area contributed by atoms with E-state index in [1.807, 2.05) is 6.92 Å². The first kappa shape index (κ1) is 14.9. The van der Waals surface area contributed by atoms with E-state index in [2.05, 4.69) is 15.6 Å². The first-order chi connectivity index (χ1) is 8.97. The monoisotopic (exact) mass is 266 g/mol. The highest BCUT2D eigenvalue weighted by Gasteiger charge is 2.22. The number of nitrogens with one attached hydrogen (secondary N) is 2. The number of hydrogen-bond acceptors (Lipinski definition) is 5. The molecule has 1 aromatic heterocycles. The van der Waals surface area contributed by atoms with E-state index in [1.165, 1.54) is 6.20 Å². The van der Waals surface area contributed by atoms with Gasteiger partial charge in [-0.3, -0.25) is 14.9 Å². The average Bonchev–Trinajstić information content (AvgIpc) is 2.35. The van der Waals surface area contributed by atoms with Gasteiger partial charge in [0.05, 0.1) is 4.92 Å². The number of carbonyl (C=O) groups excluding carboxylic acids is 1. The second-order valence-electron chi connectivity index (χ2n) is 4.24. The van der Waals surface area contributed by atoms with Crippen molar-refractivity contribution < 1.29 is 9.72 Å². The number of aromatic nitrogens is 1. The van der Waals surface area contributed by atoms with Crippen LogP contribution in [-0.4, -0.2) is 28.4 Å². The average molecular weight is 266 g/mol. The summed E-state index contributed by atoms with van der Waals surface area (Å²) in [5.41, 5.74) is 0.404. The van der Waals surface area contributed by atoms with Crippen molar-refractivity contribution in [2.24, 2.45) is 0 Å². The normalized spacial score (nSPS) is 11.7. The van der Waals surface area contributed by atoms with Gasteiger partial charge < -0.3 is 10.6 Å². The molecule has 1 aromatic rings. The summed E-state index contributed by atoms with van der Waals surface area (Å²) in [7, 11) is 0. The Balaban J connectivity index is 2.85. The molecule has 104 valence electrons. The van der Waals surface area contributed by atoms with Crippen molar-refractivity contribution in [1.82, 2.24) is 10.3 Å². The van der Waals surface area contributed by atoms with Gasteiger partial charge in [0, 0.05) is 18.3 Å². The molecular formula is C12H18N4O3. The molecule has 0 saturated heterocycles. The van der Waals surface area contributed by atoms with Crippen molar-refractivity contribution in [3.8, 4) is 0 Å². The zero-order chi connectivity index (χ0) is 14.4. The standard InChI is InChI=1S/C12H18N4O3/c1-4-6-14-12(17)9(3)15-11-10(16(18)19)8(2)5-7-13-11/h5,7,9H,4,6H2,1-3H3,(H,13,15)(H,14,17). The van der Waals surface area contributed by atoms with Gasteiger partial charge in [-0.1, -0.05) is 6.92 Å². The van der Waals surface area contributed by atoms with E-state index in [0.29, 0.717) is 12.1 Å². The van der Waals surface area contributed by atoms with Crippen LogP contribution in [0, 0.1) is 17.0 Å². The fourth-order valence-corrected chi connectivity index (χ4v) is 1.56. The summed E-state index contributed by atoms with van der Waals surface area (Å²) in [5.74, 6) is -0.0939. The second-order valence-corrected chi connectivity index (χ2v) is 4.24. The lowest BCUT2D eigenvalue weighted by Gasteiger charge is -2.14. The Bertz CT molecular complexity index is 476. The van der Waals surface area contributed by atoms with E-state index in [0.717, 1.165) is 6.42 Å². The van der Waals surface area contributed by atoms with Gasteiger partial charge in [-0.25, -0.2) is 4.98 Å². The highest BCUT2D eigenvalue weighted by atomic mass is 16.6. The number of anilines is 1. The molecule has 0 radical (unpaired) electrons. The van der Waals surface area contributed by atoms with Crippen molar-refractivity contribution in [1.29, 1.82) is 0 Å².